The summed E-state index contributed by atoms with van der Waals surface area (Å²) >= 11 is 0. The van der Waals surface area contributed by atoms with Crippen molar-refractivity contribution in [3.63, 3.8) is 0 Å². The lowest BCUT2D eigenvalue weighted by Crippen LogP contribution is -2.45. The number of carbonyl (C=O) groups is 2. The van der Waals surface area contributed by atoms with Gasteiger partial charge < -0.3 is 15.3 Å². The Morgan fingerprint density at radius 3 is 2.50 bits per heavy atom. The van der Waals surface area contributed by atoms with Crippen molar-refractivity contribution in [2.24, 2.45) is 11.8 Å². The topological polar surface area (TPSA) is 69.6 Å². The summed E-state index contributed by atoms with van der Waals surface area (Å²) in [7, 11) is 0. The van der Waals surface area contributed by atoms with Crippen molar-refractivity contribution in [2.75, 3.05) is 13.1 Å². The Morgan fingerprint density at radius 2 is 1.94 bits per heavy atom. The van der Waals surface area contributed by atoms with Gasteiger partial charge in [-0.15, -0.1) is 0 Å². The van der Waals surface area contributed by atoms with Gasteiger partial charge >= 0.3 is 12.0 Å². The van der Waals surface area contributed by atoms with Crippen LogP contribution in [0.4, 0.5) is 4.79 Å². The third kappa shape index (κ3) is 2.94. The zero-order valence-corrected chi connectivity index (χ0v) is 10.9. The zero-order chi connectivity index (χ0) is 13.1. The largest absolute Gasteiger partial charge is 0.481 e. The highest BCUT2D eigenvalue weighted by Gasteiger charge is 2.32. The minimum absolute atomic E-state index is 0.0989. The van der Waals surface area contributed by atoms with Crippen molar-refractivity contribution >= 4 is 12.0 Å². The molecule has 2 amide bonds. The van der Waals surface area contributed by atoms with E-state index in [2.05, 4.69) is 12.2 Å². The van der Waals surface area contributed by atoms with Crippen LogP contribution in [-0.2, 0) is 4.79 Å². The molecule has 2 atom stereocenters. The third-order valence-corrected chi connectivity index (χ3v) is 4.28. The van der Waals surface area contributed by atoms with Crippen LogP contribution in [0.15, 0.2) is 0 Å². The van der Waals surface area contributed by atoms with E-state index in [0.717, 1.165) is 0 Å². The number of carbonyl (C=O) groups excluding carboxylic acids is 1. The van der Waals surface area contributed by atoms with E-state index in [0.29, 0.717) is 25.4 Å². The first-order valence-corrected chi connectivity index (χ1v) is 6.86. The second-order valence-electron chi connectivity index (χ2n) is 5.55. The van der Waals surface area contributed by atoms with E-state index in [1.807, 2.05) is 0 Å². The Balaban J connectivity index is 1.79. The number of amides is 2. The highest BCUT2D eigenvalue weighted by atomic mass is 16.4. The molecule has 18 heavy (non-hydrogen) atoms. The molecule has 0 aromatic heterocycles. The highest BCUT2D eigenvalue weighted by molar-refractivity contribution is 5.77. The molecule has 1 aliphatic heterocycles. The van der Waals surface area contributed by atoms with Crippen LogP contribution in [0.3, 0.4) is 0 Å². The summed E-state index contributed by atoms with van der Waals surface area (Å²) in [5.74, 6) is -0.599. The molecule has 0 aromatic rings. The number of rotatable bonds is 3. The molecule has 0 bridgehead atoms. The van der Waals surface area contributed by atoms with E-state index < -0.39 is 11.9 Å². The molecule has 0 aromatic carbocycles. The van der Waals surface area contributed by atoms with Gasteiger partial charge in [0.05, 0.1) is 5.92 Å². The van der Waals surface area contributed by atoms with Crippen LogP contribution in [0.2, 0.25) is 0 Å². The van der Waals surface area contributed by atoms with Gasteiger partial charge in [0.25, 0.3) is 0 Å². The summed E-state index contributed by atoms with van der Waals surface area (Å²) in [6, 6.07) is 0.0991. The Morgan fingerprint density at radius 1 is 1.28 bits per heavy atom. The second-order valence-corrected chi connectivity index (χ2v) is 5.55. The number of urea groups is 1. The van der Waals surface area contributed by atoms with Gasteiger partial charge in [-0.1, -0.05) is 12.8 Å². The molecular formula is C13H22N2O3. The lowest BCUT2D eigenvalue weighted by Gasteiger charge is -2.24. The van der Waals surface area contributed by atoms with Crippen LogP contribution in [0, 0.1) is 11.8 Å². The van der Waals surface area contributed by atoms with Crippen molar-refractivity contribution in [1.29, 1.82) is 0 Å². The minimum Gasteiger partial charge on any atom is -0.481 e. The van der Waals surface area contributed by atoms with Gasteiger partial charge in [-0.05, 0) is 32.1 Å². The first-order chi connectivity index (χ1) is 8.58. The maximum atomic E-state index is 12.0. The van der Waals surface area contributed by atoms with E-state index in [4.69, 9.17) is 5.11 Å². The summed E-state index contributed by atoms with van der Waals surface area (Å²) in [6.07, 6.45) is 5.48. The molecule has 5 nitrogen and oxygen atoms in total. The number of aliphatic carboxylic acids is 1. The second kappa shape index (κ2) is 5.59. The first-order valence-electron chi connectivity index (χ1n) is 6.86. The predicted molar refractivity (Wildman–Crippen MR) is 67.3 cm³/mol. The maximum absolute atomic E-state index is 12.0. The number of hydrogen-bond acceptors (Lipinski definition) is 2. The fraction of sp³-hybridized carbons (Fsp3) is 0.846. The summed E-state index contributed by atoms with van der Waals surface area (Å²) < 4.78 is 0. The third-order valence-electron chi connectivity index (χ3n) is 4.28. The molecule has 2 fully saturated rings. The molecule has 5 heteroatoms. The fourth-order valence-electron chi connectivity index (χ4n) is 3.01. The Labute approximate surface area is 108 Å². The summed E-state index contributed by atoms with van der Waals surface area (Å²) in [5.41, 5.74) is 0. The molecule has 2 rings (SSSR count). The van der Waals surface area contributed by atoms with Crippen molar-refractivity contribution in [3.8, 4) is 0 Å². The molecule has 1 heterocycles. The molecular weight excluding hydrogens is 232 g/mol. The Kier molecular flexibility index (Phi) is 4.09. The summed E-state index contributed by atoms with van der Waals surface area (Å²) in [4.78, 5) is 24.5. The van der Waals surface area contributed by atoms with Crippen LogP contribution in [-0.4, -0.2) is 41.1 Å². The molecule has 1 saturated carbocycles. The van der Waals surface area contributed by atoms with Crippen molar-refractivity contribution < 1.29 is 14.7 Å². The van der Waals surface area contributed by atoms with Crippen molar-refractivity contribution in [2.45, 2.75) is 45.1 Å². The van der Waals surface area contributed by atoms with E-state index >= 15 is 0 Å². The van der Waals surface area contributed by atoms with Gasteiger partial charge in [0.15, 0.2) is 0 Å². The van der Waals surface area contributed by atoms with Crippen LogP contribution in [0.5, 0.6) is 0 Å². The van der Waals surface area contributed by atoms with Crippen LogP contribution in [0.25, 0.3) is 0 Å². The summed E-state index contributed by atoms with van der Waals surface area (Å²) in [5, 5.41) is 11.9. The van der Waals surface area contributed by atoms with Gasteiger partial charge in [0.2, 0.25) is 0 Å². The fourth-order valence-corrected chi connectivity index (χ4v) is 3.01. The molecule has 0 radical (unpaired) electrons. The number of likely N-dealkylation sites (tertiary alicyclic amines) is 1. The molecule has 2 aliphatic rings. The van der Waals surface area contributed by atoms with E-state index in [1.165, 1.54) is 25.7 Å². The SMILES string of the molecule is CC(NC(=O)N1CCC(C(=O)O)C1)C1CCCC1. The van der Waals surface area contributed by atoms with Crippen LogP contribution >= 0.6 is 0 Å². The van der Waals surface area contributed by atoms with E-state index in [-0.39, 0.29) is 12.1 Å². The maximum Gasteiger partial charge on any atom is 0.317 e. The standard InChI is InChI=1S/C13H22N2O3/c1-9(10-4-2-3-5-10)14-13(18)15-7-6-11(8-15)12(16)17/h9-11H,2-8H2,1H3,(H,14,18)(H,16,17). The highest BCUT2D eigenvalue weighted by Crippen LogP contribution is 2.27. The lowest BCUT2D eigenvalue weighted by atomic mass is 10.0. The zero-order valence-electron chi connectivity index (χ0n) is 10.9. The minimum atomic E-state index is -0.797. The van der Waals surface area contributed by atoms with Gasteiger partial charge in [-0.2, -0.15) is 0 Å². The normalized spacial score (nSPS) is 26.3. The quantitative estimate of drug-likeness (QED) is 0.805. The van der Waals surface area contributed by atoms with E-state index in [9.17, 15) is 9.59 Å². The first kappa shape index (κ1) is 13.2. The monoisotopic (exact) mass is 254 g/mol. The van der Waals surface area contributed by atoms with Gasteiger partial charge in [-0.3, -0.25) is 4.79 Å². The number of nitrogens with zero attached hydrogens (tertiary/aromatic N) is 1. The predicted octanol–water partition coefficient (Wildman–Crippen LogP) is 1.68. The lowest BCUT2D eigenvalue weighted by molar-refractivity contribution is -0.141. The van der Waals surface area contributed by atoms with Crippen LogP contribution in [0.1, 0.15) is 39.0 Å². The van der Waals surface area contributed by atoms with Gasteiger partial charge in [-0.25, -0.2) is 4.79 Å². The summed E-state index contributed by atoms with van der Waals surface area (Å²) in [6.45, 7) is 2.96. The molecule has 102 valence electrons. The van der Waals surface area contributed by atoms with Crippen LogP contribution < -0.4 is 5.32 Å². The van der Waals surface area contributed by atoms with Crippen molar-refractivity contribution in [3.05, 3.63) is 0 Å². The Bertz CT molecular complexity index is 326. The average molecular weight is 254 g/mol. The Hall–Kier alpha value is -1.26. The number of nitrogens with one attached hydrogen (secondary N) is 1. The number of hydrogen-bond donors (Lipinski definition) is 2. The smallest absolute Gasteiger partial charge is 0.317 e. The molecule has 0 spiro atoms. The van der Waals surface area contributed by atoms with Gasteiger partial charge in [0, 0.05) is 19.1 Å². The van der Waals surface area contributed by atoms with Crippen molar-refractivity contribution in [1.82, 2.24) is 10.2 Å². The van der Waals surface area contributed by atoms with Gasteiger partial charge in [0.1, 0.15) is 0 Å². The number of carboxylic acids is 1. The molecule has 2 unspecified atom stereocenters. The molecule has 1 aliphatic carbocycles. The number of carboxylic acid groups (broad SMARTS) is 1. The molecule has 1 saturated heterocycles. The van der Waals surface area contributed by atoms with E-state index in [1.54, 1.807) is 4.90 Å². The average Bonchev–Trinajstić information content (AvgIpc) is 3.00. The molecule has 2 N–H and O–H groups in total.